The molecule has 2 heterocycles. The summed E-state index contributed by atoms with van der Waals surface area (Å²) in [7, 11) is 0. The molecule has 134 valence electrons. The van der Waals surface area contributed by atoms with Crippen LogP contribution in [-0.2, 0) is 0 Å². The number of hydrogen-bond donors (Lipinski definition) is 2. The third-order valence-electron chi connectivity index (χ3n) is 4.59. The van der Waals surface area contributed by atoms with Crippen LogP contribution in [0.25, 0.3) is 10.9 Å². The van der Waals surface area contributed by atoms with Crippen LogP contribution in [0.5, 0.6) is 11.5 Å². The fourth-order valence-corrected chi connectivity index (χ4v) is 3.46. The van der Waals surface area contributed by atoms with Gasteiger partial charge in [-0.15, -0.1) is 0 Å². The number of H-pyrrole nitrogens is 1. The van der Waals surface area contributed by atoms with Crippen molar-refractivity contribution < 1.29 is 9.47 Å². The Morgan fingerprint density at radius 3 is 2.85 bits per heavy atom. The van der Waals surface area contributed by atoms with Crippen molar-refractivity contribution >= 4 is 10.9 Å². The molecule has 0 bridgehead atoms. The highest BCUT2D eigenvalue weighted by molar-refractivity contribution is 5.87. The lowest BCUT2D eigenvalue weighted by Gasteiger charge is -2.26. The Labute approximate surface area is 155 Å². The largest absolute Gasteiger partial charge is 0.494 e. The highest BCUT2D eigenvalue weighted by Gasteiger charge is 2.34. The van der Waals surface area contributed by atoms with Crippen molar-refractivity contribution in [1.82, 2.24) is 4.98 Å². The van der Waals surface area contributed by atoms with Gasteiger partial charge in [0.2, 0.25) is 5.88 Å². The van der Waals surface area contributed by atoms with Crippen molar-refractivity contribution in [2.24, 2.45) is 5.73 Å². The number of nitrogens with zero attached hydrogens (tertiary/aromatic N) is 1. The molecule has 3 N–H and O–H groups in total. The van der Waals surface area contributed by atoms with E-state index in [9.17, 15) is 10.1 Å². The van der Waals surface area contributed by atoms with Gasteiger partial charge in [-0.3, -0.25) is 4.79 Å². The summed E-state index contributed by atoms with van der Waals surface area (Å²) in [5, 5.41) is 10.4. The van der Waals surface area contributed by atoms with Crippen LogP contribution in [0.4, 0.5) is 0 Å². The second kappa shape index (κ2) is 6.54. The number of hydrogen-bond acceptors (Lipinski definition) is 5. The summed E-state index contributed by atoms with van der Waals surface area (Å²) in [6.45, 7) is 2.41. The Morgan fingerprint density at radius 1 is 1.26 bits per heavy atom. The zero-order chi connectivity index (χ0) is 19.0. The number of ether oxygens (including phenoxy) is 2. The van der Waals surface area contributed by atoms with Gasteiger partial charge in [0, 0.05) is 5.39 Å². The molecule has 1 aromatic heterocycles. The molecular formula is C21H17N3O3. The highest BCUT2D eigenvalue weighted by Crippen LogP contribution is 2.43. The molecule has 0 amide bonds. The number of benzene rings is 2. The van der Waals surface area contributed by atoms with Crippen LogP contribution < -0.4 is 20.8 Å². The molecule has 1 aliphatic heterocycles. The minimum Gasteiger partial charge on any atom is -0.494 e. The lowest BCUT2D eigenvalue weighted by molar-refractivity contribution is 0.339. The summed E-state index contributed by atoms with van der Waals surface area (Å²) >= 11 is 0. The number of pyridine rings is 1. The van der Waals surface area contributed by atoms with E-state index in [0.29, 0.717) is 29.2 Å². The predicted molar refractivity (Wildman–Crippen MR) is 101 cm³/mol. The standard InChI is InChI=1S/C21H17N3O3/c1-2-26-13-7-5-6-12(10-13)17-15(11-22)20(23)27-19-14-8-3-4-9-16(14)24-21(25)18(17)19/h3-10,17H,2,23H2,1H3,(H,24,25). The molecule has 4 rings (SSSR count). The topological polar surface area (TPSA) is 101 Å². The quantitative estimate of drug-likeness (QED) is 0.748. The maximum absolute atomic E-state index is 12.9. The van der Waals surface area contributed by atoms with Crippen LogP contribution in [0.2, 0.25) is 0 Å². The summed E-state index contributed by atoms with van der Waals surface area (Å²) in [6.07, 6.45) is 0. The Bertz CT molecular complexity index is 1170. The van der Waals surface area contributed by atoms with Crippen molar-refractivity contribution in [3.05, 3.63) is 81.5 Å². The first-order valence-electron chi connectivity index (χ1n) is 8.59. The number of nitriles is 1. The lowest BCUT2D eigenvalue weighted by atomic mass is 9.83. The van der Waals surface area contributed by atoms with Crippen molar-refractivity contribution in [2.45, 2.75) is 12.8 Å². The van der Waals surface area contributed by atoms with Gasteiger partial charge >= 0.3 is 0 Å². The minimum absolute atomic E-state index is 0.00701. The number of fused-ring (bicyclic) bond motifs is 3. The van der Waals surface area contributed by atoms with E-state index in [4.69, 9.17) is 15.2 Å². The summed E-state index contributed by atoms with van der Waals surface area (Å²) in [6, 6.07) is 16.8. The average molecular weight is 359 g/mol. The lowest BCUT2D eigenvalue weighted by Crippen LogP contribution is -2.27. The monoisotopic (exact) mass is 359 g/mol. The number of rotatable bonds is 3. The Kier molecular flexibility index (Phi) is 4.05. The zero-order valence-electron chi connectivity index (χ0n) is 14.7. The van der Waals surface area contributed by atoms with Gasteiger partial charge in [0.15, 0.2) is 0 Å². The Morgan fingerprint density at radius 2 is 2.07 bits per heavy atom. The predicted octanol–water partition coefficient (Wildman–Crippen LogP) is 3.14. The van der Waals surface area contributed by atoms with E-state index in [2.05, 4.69) is 11.1 Å². The van der Waals surface area contributed by atoms with Crippen molar-refractivity contribution in [3.63, 3.8) is 0 Å². The summed E-state index contributed by atoms with van der Waals surface area (Å²) < 4.78 is 11.3. The van der Waals surface area contributed by atoms with Crippen LogP contribution in [0.1, 0.15) is 24.0 Å². The second-order valence-corrected chi connectivity index (χ2v) is 6.17. The van der Waals surface area contributed by atoms with Crippen LogP contribution >= 0.6 is 0 Å². The second-order valence-electron chi connectivity index (χ2n) is 6.17. The van der Waals surface area contributed by atoms with Gasteiger partial charge < -0.3 is 20.2 Å². The van der Waals surface area contributed by atoms with E-state index in [-0.39, 0.29) is 17.0 Å². The van der Waals surface area contributed by atoms with E-state index < -0.39 is 5.92 Å². The summed E-state index contributed by atoms with van der Waals surface area (Å²) in [4.78, 5) is 15.8. The number of nitrogens with two attached hydrogens (primary N) is 1. The molecule has 1 aliphatic rings. The minimum atomic E-state index is -0.632. The van der Waals surface area contributed by atoms with Gasteiger partial charge in [0.1, 0.15) is 23.1 Å². The van der Waals surface area contributed by atoms with Crippen LogP contribution in [-0.4, -0.2) is 11.6 Å². The zero-order valence-corrected chi connectivity index (χ0v) is 14.7. The van der Waals surface area contributed by atoms with Gasteiger partial charge in [0.05, 0.1) is 23.6 Å². The molecule has 6 nitrogen and oxygen atoms in total. The van der Waals surface area contributed by atoms with Gasteiger partial charge in [-0.05, 0) is 36.8 Å². The van der Waals surface area contributed by atoms with Crippen LogP contribution in [0.3, 0.4) is 0 Å². The Balaban J connectivity index is 2.02. The SMILES string of the molecule is CCOc1cccc(C2C(C#N)=C(N)Oc3c2c(=O)[nH]c2ccccc32)c1. The molecule has 3 aromatic rings. The maximum atomic E-state index is 12.9. The van der Waals surface area contributed by atoms with E-state index in [1.807, 2.05) is 49.4 Å². The van der Waals surface area contributed by atoms with E-state index in [0.717, 1.165) is 10.9 Å². The van der Waals surface area contributed by atoms with Gasteiger partial charge in [-0.1, -0.05) is 24.3 Å². The molecule has 0 radical (unpaired) electrons. The first kappa shape index (κ1) is 16.7. The van der Waals surface area contributed by atoms with Gasteiger partial charge in [0.25, 0.3) is 5.56 Å². The molecule has 0 spiro atoms. The molecule has 0 fully saturated rings. The highest BCUT2D eigenvalue weighted by atomic mass is 16.5. The van der Waals surface area contributed by atoms with Gasteiger partial charge in [-0.2, -0.15) is 5.26 Å². The smallest absolute Gasteiger partial charge is 0.256 e. The summed E-state index contributed by atoms with van der Waals surface area (Å²) in [5.74, 6) is 0.425. The number of allylic oxidation sites excluding steroid dienone is 1. The summed E-state index contributed by atoms with van der Waals surface area (Å²) in [5.41, 5.74) is 7.72. The molecule has 27 heavy (non-hydrogen) atoms. The maximum Gasteiger partial charge on any atom is 0.256 e. The first-order valence-corrected chi connectivity index (χ1v) is 8.59. The number of para-hydroxylation sites is 1. The van der Waals surface area contributed by atoms with Crippen molar-refractivity contribution in [2.75, 3.05) is 6.61 Å². The molecule has 6 heteroatoms. The third kappa shape index (κ3) is 2.70. The van der Waals surface area contributed by atoms with E-state index in [1.165, 1.54) is 0 Å². The normalized spacial score (nSPS) is 15.8. The third-order valence-corrected chi connectivity index (χ3v) is 4.59. The van der Waals surface area contributed by atoms with Crippen LogP contribution in [0.15, 0.2) is 64.8 Å². The molecular weight excluding hydrogens is 342 g/mol. The fraction of sp³-hybridized carbons (Fsp3) is 0.143. The molecule has 0 saturated carbocycles. The molecule has 0 aliphatic carbocycles. The van der Waals surface area contributed by atoms with E-state index >= 15 is 0 Å². The molecule has 1 atom stereocenters. The van der Waals surface area contributed by atoms with Crippen LogP contribution in [0, 0.1) is 11.3 Å². The van der Waals surface area contributed by atoms with Crippen molar-refractivity contribution in [1.29, 1.82) is 5.26 Å². The van der Waals surface area contributed by atoms with Crippen molar-refractivity contribution in [3.8, 4) is 17.6 Å². The number of nitrogens with one attached hydrogen (secondary N) is 1. The fourth-order valence-electron chi connectivity index (χ4n) is 3.46. The number of aromatic amines is 1. The Hall–Kier alpha value is -3.72. The van der Waals surface area contributed by atoms with Gasteiger partial charge in [-0.25, -0.2) is 0 Å². The first-order chi connectivity index (χ1) is 13.1. The molecule has 1 unspecified atom stereocenters. The average Bonchev–Trinajstić information content (AvgIpc) is 2.67. The van der Waals surface area contributed by atoms with E-state index in [1.54, 1.807) is 6.07 Å². The number of aromatic nitrogens is 1. The molecule has 2 aromatic carbocycles. The molecule has 0 saturated heterocycles.